The van der Waals surface area contributed by atoms with Crippen molar-refractivity contribution in [3.05, 3.63) is 57.4 Å². The second-order valence-electron chi connectivity index (χ2n) is 2.93. The van der Waals surface area contributed by atoms with Gasteiger partial charge >= 0.3 is 0 Å². The van der Waals surface area contributed by atoms with Gasteiger partial charge in [0.25, 0.3) is 0 Å². The average molecular weight is 286 g/mol. The van der Waals surface area contributed by atoms with Crippen molar-refractivity contribution in [2.75, 3.05) is 0 Å². The molecule has 4 heteroatoms. The zero-order chi connectivity index (χ0) is 10.8. The maximum absolute atomic E-state index is 11.9. The lowest BCUT2D eigenvalue weighted by atomic mass is 10.1. The van der Waals surface area contributed by atoms with Gasteiger partial charge < -0.3 is 4.42 Å². The summed E-state index contributed by atoms with van der Waals surface area (Å²) < 4.78 is 5.69. The molecule has 0 atom stereocenters. The lowest BCUT2D eigenvalue weighted by Crippen LogP contribution is -2.00. The molecule has 0 fully saturated rings. The number of halogens is 2. The Morgan fingerprint density at radius 1 is 1.33 bits per heavy atom. The van der Waals surface area contributed by atoms with Crippen molar-refractivity contribution in [1.29, 1.82) is 0 Å². The number of furan rings is 1. The molecule has 0 aliphatic heterocycles. The van der Waals surface area contributed by atoms with Gasteiger partial charge in [0.15, 0.2) is 5.76 Å². The van der Waals surface area contributed by atoms with Gasteiger partial charge in [-0.2, -0.15) is 0 Å². The number of rotatable bonds is 2. The van der Waals surface area contributed by atoms with Crippen LogP contribution in [0.2, 0.25) is 5.02 Å². The fraction of sp³-hybridized carbons (Fsp3) is 0. The minimum atomic E-state index is -0.163. The monoisotopic (exact) mass is 284 g/mol. The van der Waals surface area contributed by atoms with Gasteiger partial charge in [-0.3, -0.25) is 4.79 Å². The maximum atomic E-state index is 11.9. The Labute approximate surface area is 100.0 Å². The fourth-order valence-electron chi connectivity index (χ4n) is 1.21. The molecule has 1 aromatic heterocycles. The predicted molar refractivity (Wildman–Crippen MR) is 61.3 cm³/mol. The van der Waals surface area contributed by atoms with Crippen LogP contribution in [0.5, 0.6) is 0 Å². The van der Waals surface area contributed by atoms with Gasteiger partial charge in [0.05, 0.1) is 6.26 Å². The van der Waals surface area contributed by atoms with Crippen molar-refractivity contribution >= 4 is 33.3 Å². The highest BCUT2D eigenvalue weighted by Gasteiger charge is 2.14. The summed E-state index contributed by atoms with van der Waals surface area (Å²) in [5.74, 6) is 0.154. The molecule has 1 aromatic carbocycles. The second kappa shape index (κ2) is 4.21. The molecular formula is C11H6BrClO2. The summed E-state index contributed by atoms with van der Waals surface area (Å²) in [5.41, 5.74) is 0.536. The van der Waals surface area contributed by atoms with E-state index < -0.39 is 0 Å². The summed E-state index contributed by atoms with van der Waals surface area (Å²) in [6.07, 6.45) is 1.47. The summed E-state index contributed by atoms with van der Waals surface area (Å²) in [5, 5.41) is 0.581. The van der Waals surface area contributed by atoms with E-state index in [4.69, 9.17) is 16.0 Å². The largest absolute Gasteiger partial charge is 0.461 e. The van der Waals surface area contributed by atoms with E-state index in [0.29, 0.717) is 20.8 Å². The highest BCUT2D eigenvalue weighted by molar-refractivity contribution is 9.10. The first kappa shape index (κ1) is 10.5. The molecule has 0 radical (unpaired) electrons. The number of carbonyl (C=O) groups excluding carboxylic acids is 1. The third kappa shape index (κ3) is 2.13. The topological polar surface area (TPSA) is 30.2 Å². The zero-order valence-electron chi connectivity index (χ0n) is 7.54. The molecule has 0 spiro atoms. The van der Waals surface area contributed by atoms with Gasteiger partial charge in [0.1, 0.15) is 0 Å². The van der Waals surface area contributed by atoms with E-state index in [1.165, 1.54) is 6.26 Å². The Morgan fingerprint density at radius 3 is 2.73 bits per heavy atom. The lowest BCUT2D eigenvalue weighted by molar-refractivity contribution is 0.101. The van der Waals surface area contributed by atoms with Crippen LogP contribution in [-0.2, 0) is 0 Å². The quantitative estimate of drug-likeness (QED) is 0.783. The van der Waals surface area contributed by atoms with Crippen LogP contribution >= 0.6 is 27.5 Å². The van der Waals surface area contributed by atoms with Crippen LogP contribution in [0.4, 0.5) is 0 Å². The molecule has 0 amide bonds. The molecule has 0 saturated carbocycles. The van der Waals surface area contributed by atoms with Crippen molar-refractivity contribution in [1.82, 2.24) is 0 Å². The first-order valence-electron chi connectivity index (χ1n) is 4.22. The Morgan fingerprint density at radius 2 is 2.13 bits per heavy atom. The molecule has 15 heavy (non-hydrogen) atoms. The van der Waals surface area contributed by atoms with E-state index in [0.717, 1.165) is 0 Å². The zero-order valence-corrected chi connectivity index (χ0v) is 9.88. The molecule has 0 unspecified atom stereocenters. The van der Waals surface area contributed by atoms with Gasteiger partial charge in [0.2, 0.25) is 5.78 Å². The summed E-state index contributed by atoms with van der Waals surface area (Å²) in [6.45, 7) is 0. The fourth-order valence-corrected chi connectivity index (χ4v) is 2.08. The Bertz CT molecular complexity index is 491. The first-order chi connectivity index (χ1) is 7.18. The molecule has 0 aliphatic carbocycles. The van der Waals surface area contributed by atoms with Crippen LogP contribution in [0, 0.1) is 0 Å². The highest BCUT2D eigenvalue weighted by Crippen LogP contribution is 2.23. The predicted octanol–water partition coefficient (Wildman–Crippen LogP) is 3.93. The Hall–Kier alpha value is -1.06. The molecule has 1 heterocycles. The van der Waals surface area contributed by atoms with E-state index in [-0.39, 0.29) is 5.78 Å². The van der Waals surface area contributed by atoms with E-state index >= 15 is 0 Å². The molecule has 0 saturated heterocycles. The molecule has 2 aromatic rings. The van der Waals surface area contributed by atoms with Crippen molar-refractivity contribution in [3.8, 4) is 0 Å². The van der Waals surface area contributed by atoms with E-state index in [9.17, 15) is 4.79 Å². The van der Waals surface area contributed by atoms with Crippen LogP contribution in [0.1, 0.15) is 16.1 Å². The number of carbonyl (C=O) groups is 1. The Balaban J connectivity index is 2.42. The van der Waals surface area contributed by atoms with Crippen LogP contribution in [0.25, 0.3) is 0 Å². The minimum absolute atomic E-state index is 0.163. The van der Waals surface area contributed by atoms with Gasteiger partial charge in [-0.25, -0.2) is 0 Å². The first-order valence-corrected chi connectivity index (χ1v) is 5.39. The smallest absolute Gasteiger partial charge is 0.229 e. The van der Waals surface area contributed by atoms with E-state index in [2.05, 4.69) is 15.9 Å². The minimum Gasteiger partial charge on any atom is -0.461 e. The average Bonchev–Trinajstić information content (AvgIpc) is 2.69. The summed E-state index contributed by atoms with van der Waals surface area (Å²) in [6, 6.07) is 8.32. The number of ketones is 1. The summed E-state index contributed by atoms with van der Waals surface area (Å²) >= 11 is 9.07. The van der Waals surface area contributed by atoms with Gasteiger partial charge in [0, 0.05) is 15.1 Å². The molecule has 76 valence electrons. The van der Waals surface area contributed by atoms with Gasteiger partial charge in [-0.15, -0.1) is 0 Å². The summed E-state index contributed by atoms with van der Waals surface area (Å²) in [7, 11) is 0. The summed E-state index contributed by atoms with van der Waals surface area (Å²) in [4.78, 5) is 11.9. The van der Waals surface area contributed by atoms with Crippen molar-refractivity contribution in [3.63, 3.8) is 0 Å². The number of benzene rings is 1. The molecule has 0 N–H and O–H groups in total. The van der Waals surface area contributed by atoms with Gasteiger partial charge in [-0.05, 0) is 46.3 Å². The maximum Gasteiger partial charge on any atom is 0.229 e. The van der Waals surface area contributed by atoms with Crippen molar-refractivity contribution in [2.24, 2.45) is 0 Å². The van der Waals surface area contributed by atoms with Gasteiger partial charge in [-0.1, -0.05) is 11.6 Å². The van der Waals surface area contributed by atoms with Crippen molar-refractivity contribution < 1.29 is 9.21 Å². The molecular weight excluding hydrogens is 279 g/mol. The van der Waals surface area contributed by atoms with Crippen molar-refractivity contribution in [2.45, 2.75) is 0 Å². The van der Waals surface area contributed by atoms with Crippen LogP contribution in [0.15, 0.2) is 45.5 Å². The second-order valence-corrected chi connectivity index (χ2v) is 4.22. The normalized spacial score (nSPS) is 10.3. The van der Waals surface area contributed by atoms with Crippen LogP contribution in [0.3, 0.4) is 0 Å². The lowest BCUT2D eigenvalue weighted by Gasteiger charge is -2.01. The number of hydrogen-bond donors (Lipinski definition) is 0. The number of hydrogen-bond acceptors (Lipinski definition) is 2. The van der Waals surface area contributed by atoms with E-state index in [1.54, 1.807) is 30.3 Å². The molecule has 0 bridgehead atoms. The third-order valence-corrected chi connectivity index (χ3v) is 2.81. The highest BCUT2D eigenvalue weighted by atomic mass is 79.9. The molecule has 0 aliphatic rings. The third-order valence-electron chi connectivity index (χ3n) is 1.92. The van der Waals surface area contributed by atoms with Crippen LogP contribution in [-0.4, -0.2) is 5.78 Å². The van der Waals surface area contributed by atoms with E-state index in [1.807, 2.05) is 0 Å². The molecule has 2 rings (SSSR count). The standard InChI is InChI=1S/C11H6BrClO2/c12-9-6-7(13)3-4-8(9)11(14)10-2-1-5-15-10/h1-6H. The Kier molecular flexibility index (Phi) is 2.93. The molecule has 2 nitrogen and oxygen atoms in total. The van der Waals surface area contributed by atoms with Crippen LogP contribution < -0.4 is 0 Å². The SMILES string of the molecule is O=C(c1ccco1)c1ccc(Cl)cc1Br.